The lowest BCUT2D eigenvalue weighted by Gasteiger charge is -2.04. The molecule has 0 N–H and O–H groups in total. The first kappa shape index (κ1) is 9.67. The van der Waals surface area contributed by atoms with Crippen molar-refractivity contribution < 1.29 is 13.5 Å². The highest BCUT2D eigenvalue weighted by molar-refractivity contribution is 9.10. The standard InChI is InChI=1S/C6H3BrClF2NO/c7-3-1-4(12-6(9)10)5(8)11-2-3/h1-2,6H. The maximum absolute atomic E-state index is 11.7. The fraction of sp³-hybridized carbons (Fsp3) is 0.167. The summed E-state index contributed by atoms with van der Waals surface area (Å²) in [6.45, 7) is -2.89. The lowest BCUT2D eigenvalue weighted by molar-refractivity contribution is -0.0500. The summed E-state index contributed by atoms with van der Waals surface area (Å²) in [7, 11) is 0. The van der Waals surface area contributed by atoms with Gasteiger partial charge >= 0.3 is 6.61 Å². The van der Waals surface area contributed by atoms with Crippen LogP contribution in [0.25, 0.3) is 0 Å². The monoisotopic (exact) mass is 257 g/mol. The number of ether oxygens (including phenoxy) is 1. The van der Waals surface area contributed by atoms with Gasteiger partial charge < -0.3 is 4.74 Å². The second-order valence-corrected chi connectivity index (χ2v) is 3.09. The topological polar surface area (TPSA) is 22.1 Å². The predicted octanol–water partition coefficient (Wildman–Crippen LogP) is 3.10. The number of aromatic nitrogens is 1. The van der Waals surface area contributed by atoms with E-state index in [9.17, 15) is 8.78 Å². The molecule has 12 heavy (non-hydrogen) atoms. The van der Waals surface area contributed by atoms with Gasteiger partial charge in [-0.25, -0.2) is 4.98 Å². The Balaban J connectivity index is 2.90. The van der Waals surface area contributed by atoms with E-state index in [1.807, 2.05) is 0 Å². The Morgan fingerprint density at radius 2 is 2.25 bits per heavy atom. The van der Waals surface area contributed by atoms with Crippen molar-refractivity contribution in [3.05, 3.63) is 21.9 Å². The van der Waals surface area contributed by atoms with E-state index in [2.05, 4.69) is 25.7 Å². The molecule has 0 amide bonds. The van der Waals surface area contributed by atoms with Gasteiger partial charge in [0.15, 0.2) is 10.9 Å². The average molecular weight is 258 g/mol. The lowest BCUT2D eigenvalue weighted by atomic mass is 10.5. The molecule has 1 aromatic rings. The Morgan fingerprint density at radius 3 is 2.83 bits per heavy atom. The highest BCUT2D eigenvalue weighted by Gasteiger charge is 2.09. The van der Waals surface area contributed by atoms with Gasteiger partial charge in [0.05, 0.1) is 0 Å². The summed E-state index contributed by atoms with van der Waals surface area (Å²) in [5.41, 5.74) is 0. The van der Waals surface area contributed by atoms with Crippen molar-refractivity contribution in [3.8, 4) is 5.75 Å². The summed E-state index contributed by atoms with van der Waals surface area (Å²) in [4.78, 5) is 3.59. The molecule has 1 rings (SSSR count). The maximum Gasteiger partial charge on any atom is 0.387 e. The summed E-state index contributed by atoms with van der Waals surface area (Å²) >= 11 is 8.49. The van der Waals surface area contributed by atoms with E-state index < -0.39 is 6.61 Å². The summed E-state index contributed by atoms with van der Waals surface area (Å²) < 4.78 is 28.0. The van der Waals surface area contributed by atoms with E-state index in [0.717, 1.165) is 0 Å². The zero-order chi connectivity index (χ0) is 9.14. The molecule has 1 heterocycles. The molecule has 0 aliphatic rings. The highest BCUT2D eigenvalue weighted by Crippen LogP contribution is 2.26. The van der Waals surface area contributed by atoms with E-state index in [1.165, 1.54) is 12.3 Å². The number of rotatable bonds is 2. The molecule has 2 nitrogen and oxygen atoms in total. The zero-order valence-electron chi connectivity index (χ0n) is 5.60. The number of hydrogen-bond acceptors (Lipinski definition) is 2. The molecule has 66 valence electrons. The summed E-state index contributed by atoms with van der Waals surface area (Å²) in [6.07, 6.45) is 1.39. The molecule has 0 fully saturated rings. The molecule has 0 bridgehead atoms. The maximum atomic E-state index is 11.7. The predicted molar refractivity (Wildman–Crippen MR) is 43.6 cm³/mol. The zero-order valence-corrected chi connectivity index (χ0v) is 7.94. The molecular weight excluding hydrogens is 255 g/mol. The van der Waals surface area contributed by atoms with Crippen LogP contribution in [0.5, 0.6) is 5.75 Å². The molecule has 0 unspecified atom stereocenters. The Labute approximate surface area is 80.6 Å². The number of halogens is 4. The van der Waals surface area contributed by atoms with Gasteiger partial charge in [-0.3, -0.25) is 0 Å². The van der Waals surface area contributed by atoms with Crippen molar-refractivity contribution in [2.75, 3.05) is 0 Å². The Bertz CT molecular complexity index is 284. The normalized spacial score (nSPS) is 10.4. The molecular formula is C6H3BrClF2NO. The largest absolute Gasteiger partial charge is 0.431 e. The van der Waals surface area contributed by atoms with Crippen LogP contribution >= 0.6 is 27.5 Å². The molecule has 0 spiro atoms. The first-order valence-electron chi connectivity index (χ1n) is 2.85. The van der Waals surface area contributed by atoms with Crippen molar-refractivity contribution >= 4 is 27.5 Å². The molecule has 0 aromatic carbocycles. The second kappa shape index (κ2) is 4.00. The second-order valence-electron chi connectivity index (χ2n) is 1.82. The smallest absolute Gasteiger partial charge is 0.387 e. The van der Waals surface area contributed by atoms with Crippen molar-refractivity contribution in [2.45, 2.75) is 6.61 Å². The van der Waals surface area contributed by atoms with E-state index in [1.54, 1.807) is 0 Å². The minimum Gasteiger partial charge on any atom is -0.431 e. The summed E-state index contributed by atoms with van der Waals surface area (Å²) in [5.74, 6) is -0.138. The molecule has 0 radical (unpaired) electrons. The van der Waals surface area contributed by atoms with Gasteiger partial charge in [0.2, 0.25) is 0 Å². The minimum atomic E-state index is -2.89. The number of alkyl halides is 2. The van der Waals surface area contributed by atoms with Crippen LogP contribution in [0.1, 0.15) is 0 Å². The van der Waals surface area contributed by atoms with E-state index in [0.29, 0.717) is 4.47 Å². The van der Waals surface area contributed by atoms with Gasteiger partial charge in [0.1, 0.15) is 0 Å². The number of pyridine rings is 1. The van der Waals surface area contributed by atoms with Crippen LogP contribution in [0.15, 0.2) is 16.7 Å². The van der Waals surface area contributed by atoms with Gasteiger partial charge in [-0.15, -0.1) is 0 Å². The van der Waals surface area contributed by atoms with Crippen LogP contribution in [-0.2, 0) is 0 Å². The molecule has 0 aliphatic heterocycles. The third-order valence-corrected chi connectivity index (χ3v) is 1.71. The van der Waals surface area contributed by atoms with Crippen molar-refractivity contribution in [3.63, 3.8) is 0 Å². The highest BCUT2D eigenvalue weighted by atomic mass is 79.9. The van der Waals surface area contributed by atoms with Gasteiger partial charge in [0.25, 0.3) is 0 Å². The fourth-order valence-corrected chi connectivity index (χ4v) is 1.04. The number of hydrogen-bond donors (Lipinski definition) is 0. The Kier molecular flexibility index (Phi) is 3.22. The van der Waals surface area contributed by atoms with Crippen LogP contribution in [0, 0.1) is 0 Å². The first-order chi connectivity index (χ1) is 5.59. The van der Waals surface area contributed by atoms with Gasteiger partial charge in [0, 0.05) is 10.7 Å². The van der Waals surface area contributed by atoms with Gasteiger partial charge in [-0.2, -0.15) is 8.78 Å². The van der Waals surface area contributed by atoms with Crippen LogP contribution in [0.3, 0.4) is 0 Å². The van der Waals surface area contributed by atoms with Crippen molar-refractivity contribution in [1.29, 1.82) is 0 Å². The van der Waals surface area contributed by atoms with E-state index in [-0.39, 0.29) is 10.9 Å². The van der Waals surface area contributed by atoms with Gasteiger partial charge in [-0.1, -0.05) is 11.6 Å². The first-order valence-corrected chi connectivity index (χ1v) is 4.02. The van der Waals surface area contributed by atoms with E-state index >= 15 is 0 Å². The Hall–Kier alpha value is -0.420. The fourth-order valence-electron chi connectivity index (χ4n) is 0.583. The van der Waals surface area contributed by atoms with Crippen LogP contribution < -0.4 is 4.74 Å². The molecule has 6 heteroatoms. The summed E-state index contributed by atoms with van der Waals surface area (Å²) in [6, 6.07) is 1.32. The molecule has 0 atom stereocenters. The lowest BCUT2D eigenvalue weighted by Crippen LogP contribution is -2.02. The number of nitrogens with zero attached hydrogens (tertiary/aromatic N) is 1. The molecule has 0 saturated heterocycles. The molecule has 1 aromatic heterocycles. The van der Waals surface area contributed by atoms with Gasteiger partial charge in [-0.05, 0) is 22.0 Å². The molecule has 0 saturated carbocycles. The molecule has 0 aliphatic carbocycles. The van der Waals surface area contributed by atoms with Crippen LogP contribution in [-0.4, -0.2) is 11.6 Å². The third kappa shape index (κ3) is 2.57. The Morgan fingerprint density at radius 1 is 1.58 bits per heavy atom. The average Bonchev–Trinajstić information content (AvgIpc) is 1.96. The van der Waals surface area contributed by atoms with Crippen molar-refractivity contribution in [1.82, 2.24) is 4.98 Å². The van der Waals surface area contributed by atoms with Crippen molar-refractivity contribution in [2.24, 2.45) is 0 Å². The van der Waals surface area contributed by atoms with Crippen LogP contribution in [0.2, 0.25) is 5.15 Å². The summed E-state index contributed by atoms with van der Waals surface area (Å²) in [5, 5.41) is -0.0847. The third-order valence-electron chi connectivity index (χ3n) is 0.990. The quantitative estimate of drug-likeness (QED) is 0.761. The van der Waals surface area contributed by atoms with Crippen LogP contribution in [0.4, 0.5) is 8.78 Å². The SMILES string of the molecule is FC(F)Oc1cc(Br)cnc1Cl. The van der Waals surface area contributed by atoms with E-state index in [4.69, 9.17) is 11.6 Å². The minimum absolute atomic E-state index is 0.0847.